The summed E-state index contributed by atoms with van der Waals surface area (Å²) in [7, 11) is 0. The second-order valence-electron chi connectivity index (χ2n) is 4.77. The average Bonchev–Trinajstić information content (AvgIpc) is 2.38. The van der Waals surface area contributed by atoms with E-state index < -0.39 is 0 Å². The molecule has 1 saturated heterocycles. The molecule has 2 atom stereocenters. The maximum Gasteiger partial charge on any atom is 0.109 e. The Labute approximate surface area is 98.0 Å². The van der Waals surface area contributed by atoms with Gasteiger partial charge in [0.15, 0.2) is 0 Å². The number of nitrogens with two attached hydrogens (primary N) is 1. The van der Waals surface area contributed by atoms with Gasteiger partial charge in [-0.15, -0.1) is 0 Å². The van der Waals surface area contributed by atoms with Gasteiger partial charge in [-0.05, 0) is 51.0 Å². The monoisotopic (exact) mass is 225 g/mol. The molecule has 92 valence electrons. The molecular weight excluding hydrogens is 202 g/mol. The van der Waals surface area contributed by atoms with Gasteiger partial charge in [-0.25, -0.2) is 0 Å². The Bertz CT molecular complexity index is 234. The molecule has 2 unspecified atom stereocenters. The van der Waals surface area contributed by atoms with Crippen molar-refractivity contribution in [3.05, 3.63) is 11.8 Å². The van der Waals surface area contributed by atoms with Crippen LogP contribution < -0.4 is 5.73 Å². The second-order valence-corrected chi connectivity index (χ2v) is 4.77. The molecule has 1 fully saturated rings. The summed E-state index contributed by atoms with van der Waals surface area (Å²) in [5.41, 5.74) is 6.12. The Balaban J connectivity index is 1.69. The van der Waals surface area contributed by atoms with E-state index in [1.807, 2.05) is 0 Å². The van der Waals surface area contributed by atoms with Crippen LogP contribution in [0.3, 0.4) is 0 Å². The van der Waals surface area contributed by atoms with Gasteiger partial charge in [0.1, 0.15) is 5.76 Å². The van der Waals surface area contributed by atoms with Crippen LogP contribution in [0.4, 0.5) is 0 Å². The molecule has 2 N–H and O–H groups in total. The van der Waals surface area contributed by atoms with Crippen LogP contribution in [-0.2, 0) is 9.47 Å². The van der Waals surface area contributed by atoms with Crippen LogP contribution >= 0.6 is 0 Å². The van der Waals surface area contributed by atoms with E-state index in [4.69, 9.17) is 15.2 Å². The molecule has 0 bridgehead atoms. The average molecular weight is 225 g/mol. The van der Waals surface area contributed by atoms with Gasteiger partial charge in [-0.1, -0.05) is 0 Å². The lowest BCUT2D eigenvalue weighted by Crippen LogP contribution is -2.28. The Morgan fingerprint density at radius 1 is 1.31 bits per heavy atom. The van der Waals surface area contributed by atoms with Gasteiger partial charge >= 0.3 is 0 Å². The third-order valence-corrected chi connectivity index (χ3v) is 3.40. The molecule has 2 heterocycles. The quantitative estimate of drug-likeness (QED) is 0.798. The van der Waals surface area contributed by atoms with Crippen LogP contribution in [0.25, 0.3) is 0 Å². The molecule has 3 heteroatoms. The first-order valence-electron chi connectivity index (χ1n) is 6.56. The third-order valence-electron chi connectivity index (χ3n) is 3.40. The zero-order valence-electron chi connectivity index (χ0n) is 9.99. The summed E-state index contributed by atoms with van der Waals surface area (Å²) >= 11 is 0. The summed E-state index contributed by atoms with van der Waals surface area (Å²) in [4.78, 5) is 0. The molecule has 16 heavy (non-hydrogen) atoms. The molecule has 0 spiro atoms. The van der Waals surface area contributed by atoms with Gasteiger partial charge in [-0.2, -0.15) is 0 Å². The SMILES string of the molecule is NC(CCC1CCCCO1)C1=CCCCO1. The first-order chi connectivity index (χ1) is 7.86. The summed E-state index contributed by atoms with van der Waals surface area (Å²) in [6.07, 6.45) is 10.6. The Kier molecular flexibility index (Phi) is 4.67. The Morgan fingerprint density at radius 2 is 2.25 bits per heavy atom. The highest BCUT2D eigenvalue weighted by Crippen LogP contribution is 2.20. The topological polar surface area (TPSA) is 44.5 Å². The standard InChI is InChI=1S/C13H23NO2/c14-12(13-6-2-4-10-16-13)8-7-11-5-1-3-9-15-11/h6,11-12H,1-5,7-10,14H2. The van der Waals surface area contributed by atoms with Crippen molar-refractivity contribution in [2.75, 3.05) is 13.2 Å². The van der Waals surface area contributed by atoms with Crippen molar-refractivity contribution in [3.63, 3.8) is 0 Å². The number of allylic oxidation sites excluding steroid dienone is 1. The minimum atomic E-state index is 0.0748. The van der Waals surface area contributed by atoms with E-state index in [0.717, 1.165) is 44.7 Å². The van der Waals surface area contributed by atoms with E-state index in [9.17, 15) is 0 Å². The highest BCUT2D eigenvalue weighted by Gasteiger charge is 2.18. The minimum absolute atomic E-state index is 0.0748. The Hall–Kier alpha value is -0.540. The smallest absolute Gasteiger partial charge is 0.109 e. The van der Waals surface area contributed by atoms with Crippen molar-refractivity contribution in [3.8, 4) is 0 Å². The predicted molar refractivity (Wildman–Crippen MR) is 64.1 cm³/mol. The molecule has 0 amide bonds. The van der Waals surface area contributed by atoms with Crippen LogP contribution in [0.5, 0.6) is 0 Å². The number of hydrogen-bond donors (Lipinski definition) is 1. The van der Waals surface area contributed by atoms with Crippen molar-refractivity contribution in [1.29, 1.82) is 0 Å². The number of ether oxygens (including phenoxy) is 2. The van der Waals surface area contributed by atoms with Crippen molar-refractivity contribution >= 4 is 0 Å². The summed E-state index contributed by atoms with van der Waals surface area (Å²) in [5.74, 6) is 1.00. The molecule has 2 aliphatic rings. The lowest BCUT2D eigenvalue weighted by atomic mass is 10.0. The molecule has 2 aliphatic heterocycles. The first-order valence-corrected chi connectivity index (χ1v) is 6.56. The van der Waals surface area contributed by atoms with Gasteiger partial charge in [0, 0.05) is 6.61 Å². The van der Waals surface area contributed by atoms with E-state index in [2.05, 4.69) is 6.08 Å². The fourth-order valence-corrected chi connectivity index (χ4v) is 2.38. The van der Waals surface area contributed by atoms with Crippen LogP contribution in [0.15, 0.2) is 11.8 Å². The van der Waals surface area contributed by atoms with Gasteiger partial charge in [0.2, 0.25) is 0 Å². The highest BCUT2D eigenvalue weighted by molar-refractivity contribution is 5.04. The summed E-state index contributed by atoms with van der Waals surface area (Å²) in [6.45, 7) is 1.76. The maximum absolute atomic E-state index is 6.12. The van der Waals surface area contributed by atoms with Crippen molar-refractivity contribution in [2.45, 2.75) is 57.1 Å². The third kappa shape index (κ3) is 3.49. The lowest BCUT2D eigenvalue weighted by Gasteiger charge is -2.25. The van der Waals surface area contributed by atoms with Gasteiger partial charge in [0.25, 0.3) is 0 Å². The van der Waals surface area contributed by atoms with Crippen LogP contribution in [0.2, 0.25) is 0 Å². The van der Waals surface area contributed by atoms with E-state index in [1.165, 1.54) is 19.3 Å². The molecule has 2 rings (SSSR count). The molecule has 0 aliphatic carbocycles. The normalized spacial score (nSPS) is 28.1. The zero-order chi connectivity index (χ0) is 11.2. The summed E-state index contributed by atoms with van der Waals surface area (Å²) < 4.78 is 11.3. The second kappa shape index (κ2) is 6.26. The molecule has 0 radical (unpaired) electrons. The molecule has 3 nitrogen and oxygen atoms in total. The van der Waals surface area contributed by atoms with E-state index >= 15 is 0 Å². The lowest BCUT2D eigenvalue weighted by molar-refractivity contribution is 0.00866. The number of rotatable bonds is 4. The fourth-order valence-electron chi connectivity index (χ4n) is 2.38. The predicted octanol–water partition coefficient (Wildman–Crippen LogP) is 2.36. The molecule has 0 aromatic carbocycles. The van der Waals surface area contributed by atoms with Crippen molar-refractivity contribution in [2.24, 2.45) is 5.73 Å². The summed E-state index contributed by atoms with van der Waals surface area (Å²) in [5, 5.41) is 0. The molecule has 0 aromatic rings. The first kappa shape index (κ1) is 11.9. The highest BCUT2D eigenvalue weighted by atomic mass is 16.5. The number of hydrogen-bond acceptors (Lipinski definition) is 3. The van der Waals surface area contributed by atoms with Crippen LogP contribution in [0, 0.1) is 0 Å². The maximum atomic E-state index is 6.12. The van der Waals surface area contributed by atoms with E-state index in [0.29, 0.717) is 6.10 Å². The van der Waals surface area contributed by atoms with Crippen molar-refractivity contribution in [1.82, 2.24) is 0 Å². The van der Waals surface area contributed by atoms with Crippen molar-refractivity contribution < 1.29 is 9.47 Å². The summed E-state index contributed by atoms with van der Waals surface area (Å²) in [6, 6.07) is 0.0748. The van der Waals surface area contributed by atoms with Gasteiger partial charge < -0.3 is 15.2 Å². The Morgan fingerprint density at radius 3 is 2.94 bits per heavy atom. The molecular formula is C13H23NO2. The van der Waals surface area contributed by atoms with Crippen LogP contribution in [-0.4, -0.2) is 25.4 Å². The van der Waals surface area contributed by atoms with Crippen LogP contribution in [0.1, 0.15) is 44.9 Å². The zero-order valence-corrected chi connectivity index (χ0v) is 9.99. The molecule has 0 aromatic heterocycles. The van der Waals surface area contributed by atoms with E-state index in [1.54, 1.807) is 0 Å². The van der Waals surface area contributed by atoms with E-state index in [-0.39, 0.29) is 6.04 Å². The molecule has 0 saturated carbocycles. The largest absolute Gasteiger partial charge is 0.497 e. The van der Waals surface area contributed by atoms with Gasteiger partial charge in [-0.3, -0.25) is 0 Å². The minimum Gasteiger partial charge on any atom is -0.497 e. The van der Waals surface area contributed by atoms with Gasteiger partial charge in [0.05, 0.1) is 18.8 Å². The fraction of sp³-hybridized carbons (Fsp3) is 0.846.